The molecule has 0 fully saturated rings. The quantitative estimate of drug-likeness (QED) is 0.606. The van der Waals surface area contributed by atoms with E-state index in [0.29, 0.717) is 18.7 Å². The van der Waals surface area contributed by atoms with E-state index < -0.39 is 5.85 Å². The van der Waals surface area contributed by atoms with Gasteiger partial charge in [0.1, 0.15) is 11.5 Å². The van der Waals surface area contributed by atoms with Crippen LogP contribution in [0.1, 0.15) is 27.0 Å². The van der Waals surface area contributed by atoms with Crippen molar-refractivity contribution in [1.29, 1.82) is 0 Å². The number of rotatable bonds is 2. The average Bonchev–Trinajstić information content (AvgIpc) is 3.07. The van der Waals surface area contributed by atoms with Crippen LogP contribution in [-0.2, 0) is 23.7 Å². The van der Waals surface area contributed by atoms with Gasteiger partial charge in [-0.1, -0.05) is 18.2 Å². The van der Waals surface area contributed by atoms with Gasteiger partial charge in [0.2, 0.25) is 0 Å². The molecular formula is C24H20N2O4. The normalized spacial score (nSPS) is 17.2. The van der Waals surface area contributed by atoms with Crippen LogP contribution in [0.4, 0.5) is 11.4 Å². The molecule has 0 aromatic heterocycles. The van der Waals surface area contributed by atoms with Crippen LogP contribution in [0.15, 0.2) is 60.7 Å². The second kappa shape index (κ2) is 5.92. The number of carbonyl (C=O) groups excluding carboxylic acids is 1. The molecule has 0 N–H and O–H groups in total. The van der Waals surface area contributed by atoms with Gasteiger partial charge >= 0.3 is 5.97 Å². The van der Waals surface area contributed by atoms with E-state index in [0.717, 1.165) is 39.6 Å². The van der Waals surface area contributed by atoms with Gasteiger partial charge in [0, 0.05) is 11.4 Å². The summed E-state index contributed by atoms with van der Waals surface area (Å²) in [4.78, 5) is 17.2. The molecule has 0 amide bonds. The van der Waals surface area contributed by atoms with Crippen molar-refractivity contribution in [3.8, 4) is 11.5 Å². The Morgan fingerprint density at radius 3 is 1.97 bits per heavy atom. The zero-order chi connectivity index (χ0) is 20.5. The third kappa shape index (κ3) is 2.05. The summed E-state index contributed by atoms with van der Waals surface area (Å²) in [6.45, 7) is 1.17. The van der Waals surface area contributed by atoms with Gasteiger partial charge < -0.3 is 24.0 Å². The molecule has 2 bridgehead atoms. The summed E-state index contributed by atoms with van der Waals surface area (Å²) in [6.07, 6.45) is 0. The Labute approximate surface area is 174 Å². The Morgan fingerprint density at radius 1 is 0.833 bits per heavy atom. The minimum atomic E-state index is -1.00. The molecule has 6 nitrogen and oxygen atoms in total. The average molecular weight is 400 g/mol. The van der Waals surface area contributed by atoms with E-state index in [1.807, 2.05) is 48.5 Å². The number of ether oxygens (including phenoxy) is 3. The summed E-state index contributed by atoms with van der Waals surface area (Å²) in [5.74, 6) is 0.319. The van der Waals surface area contributed by atoms with Gasteiger partial charge in [-0.05, 0) is 53.6 Å². The molecule has 3 aliphatic heterocycles. The van der Waals surface area contributed by atoms with E-state index in [-0.39, 0.29) is 5.97 Å². The Bertz CT molecular complexity index is 1140. The molecule has 3 heterocycles. The number of nitrogens with zero attached hydrogens (tertiary/aromatic N) is 2. The molecule has 150 valence electrons. The van der Waals surface area contributed by atoms with Crippen LogP contribution in [0.2, 0.25) is 0 Å². The molecule has 0 saturated carbocycles. The summed E-state index contributed by atoms with van der Waals surface area (Å²) >= 11 is 0. The van der Waals surface area contributed by atoms with Gasteiger partial charge in [-0.25, -0.2) is 4.79 Å². The van der Waals surface area contributed by atoms with E-state index in [1.54, 1.807) is 14.2 Å². The van der Waals surface area contributed by atoms with Crippen LogP contribution in [-0.4, -0.2) is 20.2 Å². The van der Waals surface area contributed by atoms with E-state index >= 15 is 0 Å². The second-order valence-electron chi connectivity index (χ2n) is 7.70. The number of esters is 1. The molecule has 0 unspecified atom stereocenters. The lowest BCUT2D eigenvalue weighted by Crippen LogP contribution is -2.63. The summed E-state index contributed by atoms with van der Waals surface area (Å²) in [5.41, 5.74) is 5.80. The highest BCUT2D eigenvalue weighted by atomic mass is 16.6. The van der Waals surface area contributed by atoms with E-state index in [2.05, 4.69) is 21.9 Å². The summed E-state index contributed by atoms with van der Waals surface area (Å²) < 4.78 is 17.1. The van der Waals surface area contributed by atoms with E-state index in [1.165, 1.54) is 0 Å². The van der Waals surface area contributed by atoms with E-state index in [4.69, 9.17) is 14.2 Å². The molecule has 0 aliphatic carbocycles. The van der Waals surface area contributed by atoms with Crippen LogP contribution in [0.5, 0.6) is 11.5 Å². The van der Waals surface area contributed by atoms with Crippen molar-refractivity contribution in [2.45, 2.75) is 18.9 Å². The van der Waals surface area contributed by atoms with Crippen molar-refractivity contribution < 1.29 is 19.0 Å². The predicted molar refractivity (Wildman–Crippen MR) is 112 cm³/mol. The SMILES string of the molecule is COc1ccc2c(c1)CN1c3ccc(OC)cc3CN2C12OC(=O)c1ccccc12. The zero-order valence-corrected chi connectivity index (χ0v) is 16.7. The highest BCUT2D eigenvalue weighted by Crippen LogP contribution is 2.55. The van der Waals surface area contributed by atoms with Gasteiger partial charge in [0.05, 0.1) is 38.4 Å². The first kappa shape index (κ1) is 17.2. The monoisotopic (exact) mass is 400 g/mol. The summed E-state index contributed by atoms with van der Waals surface area (Å²) in [5, 5.41) is 0. The molecule has 3 aromatic rings. The maximum Gasteiger partial charge on any atom is 0.342 e. The van der Waals surface area contributed by atoms with Gasteiger partial charge in [-0.15, -0.1) is 0 Å². The van der Waals surface area contributed by atoms with Crippen LogP contribution < -0.4 is 19.3 Å². The molecule has 3 aliphatic rings. The number of hydrogen-bond acceptors (Lipinski definition) is 6. The highest BCUT2D eigenvalue weighted by Gasteiger charge is 2.59. The second-order valence-corrected chi connectivity index (χ2v) is 7.70. The van der Waals surface area contributed by atoms with Gasteiger partial charge in [-0.3, -0.25) is 0 Å². The van der Waals surface area contributed by atoms with Crippen molar-refractivity contribution in [2.75, 3.05) is 24.0 Å². The maximum atomic E-state index is 12.9. The van der Waals surface area contributed by atoms with Crippen molar-refractivity contribution >= 4 is 17.3 Å². The number of hydrogen-bond donors (Lipinski definition) is 0. The molecule has 6 rings (SSSR count). The van der Waals surface area contributed by atoms with Crippen molar-refractivity contribution in [3.05, 3.63) is 82.9 Å². The Kier molecular flexibility index (Phi) is 3.40. The molecule has 0 radical (unpaired) electrons. The lowest BCUT2D eigenvalue weighted by molar-refractivity contribution is -0.0190. The molecule has 6 heteroatoms. The highest BCUT2D eigenvalue weighted by molar-refractivity contribution is 5.96. The number of methoxy groups -OCH3 is 2. The molecule has 0 saturated heterocycles. The topological polar surface area (TPSA) is 51.2 Å². The van der Waals surface area contributed by atoms with Crippen molar-refractivity contribution in [2.24, 2.45) is 0 Å². The fourth-order valence-corrected chi connectivity index (χ4v) is 4.94. The first-order valence-electron chi connectivity index (χ1n) is 9.87. The fraction of sp³-hybridized carbons (Fsp3) is 0.208. The molecule has 30 heavy (non-hydrogen) atoms. The van der Waals surface area contributed by atoms with Crippen LogP contribution >= 0.6 is 0 Å². The first-order valence-corrected chi connectivity index (χ1v) is 9.87. The standard InChI is InChI=1S/C24H20N2O4/c1-28-17-7-9-21-15(11-17)13-25-22-10-8-18(29-2)12-16(22)14-26(21)24(25)20-6-4-3-5-19(20)23(27)30-24/h3-12H,13-14H2,1-2H3. The summed E-state index contributed by atoms with van der Waals surface area (Å²) in [7, 11) is 3.34. The molecule has 0 atom stereocenters. The van der Waals surface area contributed by atoms with Crippen LogP contribution in [0.3, 0.4) is 0 Å². The first-order chi connectivity index (χ1) is 14.7. The number of carbonyl (C=O) groups is 1. The number of benzene rings is 3. The lowest BCUT2D eigenvalue weighted by Gasteiger charge is -2.56. The van der Waals surface area contributed by atoms with Crippen LogP contribution in [0.25, 0.3) is 0 Å². The summed E-state index contributed by atoms with van der Waals surface area (Å²) in [6, 6.07) is 19.8. The lowest BCUT2D eigenvalue weighted by atomic mass is 9.92. The minimum absolute atomic E-state index is 0.297. The molecular weight excluding hydrogens is 380 g/mol. The van der Waals surface area contributed by atoms with Gasteiger partial charge in [-0.2, -0.15) is 0 Å². The Hall–Kier alpha value is -3.67. The third-order valence-electron chi connectivity index (χ3n) is 6.28. The van der Waals surface area contributed by atoms with Gasteiger partial charge in [0.25, 0.3) is 5.85 Å². The van der Waals surface area contributed by atoms with E-state index in [9.17, 15) is 4.79 Å². The maximum absolute atomic E-state index is 12.9. The Balaban J connectivity index is 1.63. The fourth-order valence-electron chi connectivity index (χ4n) is 4.94. The Morgan fingerprint density at radius 2 is 1.40 bits per heavy atom. The third-order valence-corrected chi connectivity index (χ3v) is 6.28. The smallest absolute Gasteiger partial charge is 0.342 e. The number of fused-ring (bicyclic) bond motifs is 5. The predicted octanol–water partition coefficient (Wildman–Crippen LogP) is 4.02. The van der Waals surface area contributed by atoms with Crippen molar-refractivity contribution in [3.63, 3.8) is 0 Å². The van der Waals surface area contributed by atoms with Crippen LogP contribution in [0, 0.1) is 0 Å². The molecule has 3 aromatic carbocycles. The largest absolute Gasteiger partial charge is 0.497 e. The number of anilines is 2. The minimum Gasteiger partial charge on any atom is -0.497 e. The zero-order valence-electron chi connectivity index (χ0n) is 16.7. The van der Waals surface area contributed by atoms with Gasteiger partial charge in [0.15, 0.2) is 0 Å². The van der Waals surface area contributed by atoms with Crippen molar-refractivity contribution in [1.82, 2.24) is 0 Å². The molecule has 1 spiro atoms.